The Morgan fingerprint density at radius 3 is 2.59 bits per heavy atom. The highest BCUT2D eigenvalue weighted by Gasteiger charge is 2.15. The van der Waals surface area contributed by atoms with E-state index in [1.165, 1.54) is 0 Å². The molecule has 5 heteroatoms. The quantitative estimate of drug-likeness (QED) is 0.779. The van der Waals surface area contributed by atoms with Gasteiger partial charge < -0.3 is 15.4 Å². The van der Waals surface area contributed by atoms with Gasteiger partial charge in [-0.25, -0.2) is 0 Å². The number of hydrogen-bond donors (Lipinski definition) is 3. The van der Waals surface area contributed by atoms with Gasteiger partial charge >= 0.3 is 0 Å². The van der Waals surface area contributed by atoms with Crippen LogP contribution in [0.5, 0.6) is 0 Å². The minimum atomic E-state index is -0.698. The lowest BCUT2D eigenvalue weighted by Gasteiger charge is -2.12. The van der Waals surface area contributed by atoms with Gasteiger partial charge in [-0.2, -0.15) is 0 Å². The molecule has 3 N–H and O–H groups in total. The molecule has 0 radical (unpaired) electrons. The number of pyridine rings is 1. The Bertz CT molecular complexity index is 708. The third-order valence-electron chi connectivity index (χ3n) is 3.40. The maximum absolute atomic E-state index is 12.1. The summed E-state index contributed by atoms with van der Waals surface area (Å²) in [6.45, 7) is 3.58. The van der Waals surface area contributed by atoms with Gasteiger partial charge in [0.2, 0.25) is 0 Å². The van der Waals surface area contributed by atoms with E-state index in [-0.39, 0.29) is 12.1 Å². The lowest BCUT2D eigenvalue weighted by molar-refractivity contribution is 0.0913. The molecule has 2 aromatic rings. The molecule has 0 spiro atoms. The monoisotopic (exact) mass is 300 g/mol. The molecule has 0 aliphatic rings. The van der Waals surface area contributed by atoms with E-state index in [0.29, 0.717) is 17.7 Å². The molecule has 0 aliphatic carbocycles. The van der Waals surface area contributed by atoms with E-state index in [1.54, 1.807) is 19.9 Å². The van der Waals surface area contributed by atoms with Crippen LogP contribution >= 0.6 is 0 Å². The highest BCUT2D eigenvalue weighted by Crippen LogP contribution is 2.05. The van der Waals surface area contributed by atoms with Crippen LogP contribution in [0.1, 0.15) is 27.2 Å². The number of aliphatic hydroxyl groups excluding tert-OH is 1. The Morgan fingerprint density at radius 1 is 1.27 bits per heavy atom. The molecule has 0 saturated heterocycles. The van der Waals surface area contributed by atoms with Gasteiger partial charge in [-0.15, -0.1) is 0 Å². The number of hydrogen-bond acceptors (Lipinski definition) is 3. The van der Waals surface area contributed by atoms with E-state index in [0.717, 1.165) is 5.56 Å². The number of H-pyrrole nitrogens is 1. The third-order valence-corrected chi connectivity index (χ3v) is 3.40. The zero-order chi connectivity index (χ0) is 16.1. The lowest BCUT2D eigenvalue weighted by Crippen LogP contribution is -2.36. The van der Waals surface area contributed by atoms with E-state index >= 15 is 0 Å². The number of benzene rings is 1. The molecular weight excluding hydrogens is 280 g/mol. The first-order chi connectivity index (χ1) is 10.5. The first-order valence-corrected chi connectivity index (χ1v) is 7.18. The SMILES string of the molecule is Cc1cc(C)c(C(=O)NC[C@@H](O)Cc2ccccc2)c(=O)[nH]1. The summed E-state index contributed by atoms with van der Waals surface area (Å²) in [6.07, 6.45) is -0.249. The van der Waals surface area contributed by atoms with Crippen molar-refractivity contribution < 1.29 is 9.90 Å². The zero-order valence-corrected chi connectivity index (χ0v) is 12.7. The second kappa shape index (κ2) is 7.04. The zero-order valence-electron chi connectivity index (χ0n) is 12.7. The number of aromatic nitrogens is 1. The van der Waals surface area contributed by atoms with Gasteiger partial charge in [0.15, 0.2) is 0 Å². The number of aliphatic hydroxyl groups is 1. The van der Waals surface area contributed by atoms with Crippen molar-refractivity contribution in [3.8, 4) is 0 Å². The maximum Gasteiger partial charge on any atom is 0.261 e. The van der Waals surface area contributed by atoms with Crippen LogP contribution < -0.4 is 10.9 Å². The summed E-state index contributed by atoms with van der Waals surface area (Å²) >= 11 is 0. The number of rotatable bonds is 5. The number of nitrogens with one attached hydrogen (secondary N) is 2. The molecule has 1 amide bonds. The summed E-state index contributed by atoms with van der Waals surface area (Å²) in [4.78, 5) is 26.6. The number of aromatic amines is 1. The molecule has 22 heavy (non-hydrogen) atoms. The second-order valence-corrected chi connectivity index (χ2v) is 5.39. The smallest absolute Gasteiger partial charge is 0.261 e. The average molecular weight is 300 g/mol. The van der Waals surface area contributed by atoms with E-state index in [1.807, 2.05) is 30.3 Å². The van der Waals surface area contributed by atoms with Crippen molar-refractivity contribution in [3.63, 3.8) is 0 Å². The Balaban J connectivity index is 1.97. The summed E-state index contributed by atoms with van der Waals surface area (Å²) in [5, 5.41) is 12.6. The van der Waals surface area contributed by atoms with Crippen molar-refractivity contribution in [1.82, 2.24) is 10.3 Å². The standard InChI is InChI=1S/C17H20N2O3/c1-11-8-12(2)19-17(22)15(11)16(21)18-10-14(20)9-13-6-4-3-5-7-13/h3-8,14,20H,9-10H2,1-2H3,(H,18,21)(H,19,22)/t14-/m0/s1. The van der Waals surface area contributed by atoms with E-state index in [2.05, 4.69) is 10.3 Å². The summed E-state index contributed by atoms with van der Waals surface area (Å²) in [5.74, 6) is -0.467. The van der Waals surface area contributed by atoms with Crippen LogP contribution in [-0.4, -0.2) is 28.6 Å². The normalized spacial score (nSPS) is 12.0. The minimum absolute atomic E-state index is 0.0949. The van der Waals surface area contributed by atoms with Gasteiger partial charge in [-0.1, -0.05) is 30.3 Å². The number of carbonyl (C=O) groups is 1. The second-order valence-electron chi connectivity index (χ2n) is 5.39. The number of aryl methyl sites for hydroxylation is 2. The Morgan fingerprint density at radius 2 is 1.95 bits per heavy atom. The summed E-state index contributed by atoms with van der Waals surface area (Å²) < 4.78 is 0. The fourth-order valence-electron chi connectivity index (χ4n) is 2.39. The fourth-order valence-corrected chi connectivity index (χ4v) is 2.39. The van der Waals surface area contributed by atoms with Crippen LogP contribution in [0.15, 0.2) is 41.2 Å². The number of carbonyl (C=O) groups excluding carboxylic acids is 1. The minimum Gasteiger partial charge on any atom is -0.391 e. The van der Waals surface area contributed by atoms with E-state index in [9.17, 15) is 14.7 Å². The summed E-state index contributed by atoms with van der Waals surface area (Å²) in [6, 6.07) is 11.3. The highest BCUT2D eigenvalue weighted by molar-refractivity contribution is 5.95. The maximum atomic E-state index is 12.1. The molecule has 1 atom stereocenters. The van der Waals surface area contributed by atoms with Gasteiger partial charge in [0, 0.05) is 18.7 Å². The first-order valence-electron chi connectivity index (χ1n) is 7.18. The lowest BCUT2D eigenvalue weighted by atomic mass is 10.1. The molecule has 1 aromatic heterocycles. The number of amides is 1. The Kier molecular flexibility index (Phi) is 5.12. The third kappa shape index (κ3) is 4.05. The van der Waals surface area contributed by atoms with Crippen LogP contribution in [0.3, 0.4) is 0 Å². The average Bonchev–Trinajstić information content (AvgIpc) is 2.45. The van der Waals surface area contributed by atoms with Crippen molar-refractivity contribution in [2.75, 3.05) is 6.54 Å². The predicted octanol–water partition coefficient (Wildman–Crippen LogP) is 1.33. The molecule has 1 aromatic carbocycles. The summed E-state index contributed by atoms with van der Waals surface area (Å²) in [7, 11) is 0. The highest BCUT2D eigenvalue weighted by atomic mass is 16.3. The van der Waals surface area contributed by atoms with Crippen molar-refractivity contribution in [3.05, 3.63) is 69.1 Å². The molecule has 116 valence electrons. The predicted molar refractivity (Wildman–Crippen MR) is 85.0 cm³/mol. The van der Waals surface area contributed by atoms with Gasteiger partial charge in [0.25, 0.3) is 11.5 Å². The molecule has 0 bridgehead atoms. The van der Waals surface area contributed by atoms with Crippen LogP contribution in [0, 0.1) is 13.8 Å². The van der Waals surface area contributed by atoms with E-state index in [4.69, 9.17) is 0 Å². The first kappa shape index (κ1) is 16.0. The van der Waals surface area contributed by atoms with Crippen LogP contribution in [-0.2, 0) is 6.42 Å². The molecule has 0 fully saturated rings. The van der Waals surface area contributed by atoms with Crippen molar-refractivity contribution in [2.24, 2.45) is 0 Å². The van der Waals surface area contributed by atoms with Crippen molar-refractivity contribution in [1.29, 1.82) is 0 Å². The largest absolute Gasteiger partial charge is 0.391 e. The van der Waals surface area contributed by atoms with Gasteiger partial charge in [-0.3, -0.25) is 9.59 Å². The van der Waals surface area contributed by atoms with E-state index < -0.39 is 17.6 Å². The summed E-state index contributed by atoms with van der Waals surface area (Å²) in [5.41, 5.74) is 2.01. The molecular formula is C17H20N2O3. The van der Waals surface area contributed by atoms with Crippen molar-refractivity contribution >= 4 is 5.91 Å². The molecule has 1 heterocycles. The van der Waals surface area contributed by atoms with Crippen LogP contribution in [0.4, 0.5) is 0 Å². The molecule has 0 aliphatic heterocycles. The van der Waals surface area contributed by atoms with Crippen molar-refractivity contribution in [2.45, 2.75) is 26.4 Å². The van der Waals surface area contributed by atoms with Gasteiger partial charge in [0.05, 0.1) is 6.10 Å². The molecule has 5 nitrogen and oxygen atoms in total. The van der Waals surface area contributed by atoms with Gasteiger partial charge in [0.1, 0.15) is 5.56 Å². The Labute approximate surface area is 129 Å². The Hall–Kier alpha value is -2.40. The van der Waals surface area contributed by atoms with Crippen LogP contribution in [0.25, 0.3) is 0 Å². The topological polar surface area (TPSA) is 82.2 Å². The molecule has 2 rings (SSSR count). The molecule has 0 unspecified atom stereocenters. The fraction of sp³-hybridized carbons (Fsp3) is 0.294. The van der Waals surface area contributed by atoms with Gasteiger partial charge in [-0.05, 0) is 31.0 Å². The molecule has 0 saturated carbocycles. The van der Waals surface area contributed by atoms with Crippen LogP contribution in [0.2, 0.25) is 0 Å².